The number of rotatable bonds is 5. The molecule has 0 saturated heterocycles. The lowest BCUT2D eigenvalue weighted by atomic mass is 10.1. The van der Waals surface area contributed by atoms with E-state index in [1.165, 1.54) is 14.2 Å². The highest BCUT2D eigenvalue weighted by molar-refractivity contribution is 7.18. The number of nitrogens with one attached hydrogen (secondary N) is 1. The van der Waals surface area contributed by atoms with Gasteiger partial charge >= 0.3 is 0 Å². The maximum atomic E-state index is 12.7. The van der Waals surface area contributed by atoms with Crippen molar-refractivity contribution in [2.45, 2.75) is 13.3 Å². The van der Waals surface area contributed by atoms with E-state index in [0.717, 1.165) is 21.6 Å². The summed E-state index contributed by atoms with van der Waals surface area (Å²) in [7, 11) is 3.06. The van der Waals surface area contributed by atoms with E-state index in [-0.39, 0.29) is 5.91 Å². The first-order valence-corrected chi connectivity index (χ1v) is 8.39. The third-order valence-electron chi connectivity index (χ3n) is 3.65. The van der Waals surface area contributed by atoms with Crippen LogP contribution in [0.3, 0.4) is 0 Å². The standard InChI is InChI=1S/C18H18N2O3S/c1-4-16-20-12-9-8-11(10-15(12)24-16)19-18(21)17-13(22-2)6-5-7-14(17)23-3/h5-10H,4H2,1-3H3,(H,19,21). The normalized spacial score (nSPS) is 10.6. The van der Waals surface area contributed by atoms with Gasteiger partial charge in [0.2, 0.25) is 0 Å². The predicted molar refractivity (Wildman–Crippen MR) is 96.5 cm³/mol. The zero-order valence-corrected chi connectivity index (χ0v) is 14.6. The molecule has 0 radical (unpaired) electrons. The van der Waals surface area contributed by atoms with Gasteiger partial charge in [-0.1, -0.05) is 13.0 Å². The van der Waals surface area contributed by atoms with E-state index < -0.39 is 0 Å². The average Bonchev–Trinajstić information content (AvgIpc) is 3.03. The summed E-state index contributed by atoms with van der Waals surface area (Å²) in [5.41, 5.74) is 2.04. The molecule has 0 fully saturated rings. The van der Waals surface area contributed by atoms with Crippen LogP contribution in [-0.4, -0.2) is 25.1 Å². The molecule has 3 aromatic rings. The van der Waals surface area contributed by atoms with Gasteiger partial charge in [0.25, 0.3) is 5.91 Å². The minimum atomic E-state index is -0.274. The van der Waals surface area contributed by atoms with Crippen LogP contribution in [0.1, 0.15) is 22.3 Å². The Labute approximate surface area is 144 Å². The summed E-state index contributed by atoms with van der Waals surface area (Å²) >= 11 is 1.64. The highest BCUT2D eigenvalue weighted by Crippen LogP contribution is 2.30. The Balaban J connectivity index is 1.92. The highest BCUT2D eigenvalue weighted by atomic mass is 32.1. The predicted octanol–water partition coefficient (Wildman–Crippen LogP) is 4.13. The minimum absolute atomic E-state index is 0.274. The summed E-state index contributed by atoms with van der Waals surface area (Å²) in [4.78, 5) is 17.2. The third kappa shape index (κ3) is 3.05. The largest absolute Gasteiger partial charge is 0.496 e. The first kappa shape index (κ1) is 16.3. The molecule has 1 N–H and O–H groups in total. The number of carbonyl (C=O) groups excluding carboxylic acids is 1. The summed E-state index contributed by atoms with van der Waals surface area (Å²) in [5, 5.41) is 3.99. The lowest BCUT2D eigenvalue weighted by Gasteiger charge is -2.13. The molecule has 6 heteroatoms. The maximum Gasteiger partial charge on any atom is 0.263 e. The molecule has 1 aromatic heterocycles. The van der Waals surface area contributed by atoms with Crippen LogP contribution in [0.5, 0.6) is 11.5 Å². The smallest absolute Gasteiger partial charge is 0.263 e. The lowest BCUT2D eigenvalue weighted by Crippen LogP contribution is -2.14. The van der Waals surface area contributed by atoms with E-state index in [4.69, 9.17) is 9.47 Å². The third-order valence-corrected chi connectivity index (χ3v) is 4.81. The SMILES string of the molecule is CCc1nc2ccc(NC(=O)c3c(OC)cccc3OC)cc2s1. The van der Waals surface area contributed by atoms with Crippen molar-refractivity contribution in [3.8, 4) is 11.5 Å². The molecule has 5 nitrogen and oxygen atoms in total. The number of amides is 1. The molecule has 0 saturated carbocycles. The monoisotopic (exact) mass is 342 g/mol. The van der Waals surface area contributed by atoms with E-state index >= 15 is 0 Å². The van der Waals surface area contributed by atoms with E-state index in [1.807, 2.05) is 18.2 Å². The molecule has 3 rings (SSSR count). The fourth-order valence-electron chi connectivity index (χ4n) is 2.47. The van der Waals surface area contributed by atoms with Gasteiger partial charge in [-0.25, -0.2) is 4.98 Å². The van der Waals surface area contributed by atoms with Crippen LogP contribution in [0.15, 0.2) is 36.4 Å². The molecule has 2 aromatic carbocycles. The van der Waals surface area contributed by atoms with Crippen LogP contribution in [0.2, 0.25) is 0 Å². The van der Waals surface area contributed by atoms with Gasteiger partial charge in [-0.15, -0.1) is 11.3 Å². The number of anilines is 1. The Morgan fingerprint density at radius 2 is 1.88 bits per heavy atom. The van der Waals surface area contributed by atoms with Crippen molar-refractivity contribution in [2.75, 3.05) is 19.5 Å². The van der Waals surface area contributed by atoms with Crippen molar-refractivity contribution >= 4 is 33.1 Å². The van der Waals surface area contributed by atoms with Crippen molar-refractivity contribution in [1.29, 1.82) is 0 Å². The fraction of sp³-hybridized carbons (Fsp3) is 0.222. The van der Waals surface area contributed by atoms with E-state index in [9.17, 15) is 4.79 Å². The number of thiazole rings is 1. The second-order valence-electron chi connectivity index (χ2n) is 5.14. The molecule has 0 aliphatic rings. The Hall–Kier alpha value is -2.60. The number of benzene rings is 2. The van der Waals surface area contributed by atoms with E-state index in [1.54, 1.807) is 29.5 Å². The molecule has 0 aliphatic heterocycles. The maximum absolute atomic E-state index is 12.7. The number of aryl methyl sites for hydroxylation is 1. The van der Waals surface area contributed by atoms with Crippen molar-refractivity contribution in [3.05, 3.63) is 47.0 Å². The van der Waals surface area contributed by atoms with Crippen LogP contribution < -0.4 is 14.8 Å². The second-order valence-corrected chi connectivity index (χ2v) is 6.25. The molecule has 24 heavy (non-hydrogen) atoms. The average molecular weight is 342 g/mol. The summed E-state index contributed by atoms with van der Waals surface area (Å²) in [6.45, 7) is 2.08. The first-order chi connectivity index (χ1) is 11.7. The molecule has 0 unspecified atom stereocenters. The number of hydrogen-bond donors (Lipinski definition) is 1. The summed E-state index contributed by atoms with van der Waals surface area (Å²) in [6.07, 6.45) is 0.902. The molecular weight excluding hydrogens is 324 g/mol. The number of ether oxygens (including phenoxy) is 2. The summed E-state index contributed by atoms with van der Waals surface area (Å²) < 4.78 is 11.6. The number of aromatic nitrogens is 1. The van der Waals surface area contributed by atoms with Crippen molar-refractivity contribution < 1.29 is 14.3 Å². The number of carbonyl (C=O) groups is 1. The van der Waals surface area contributed by atoms with Crippen LogP contribution >= 0.6 is 11.3 Å². The lowest BCUT2D eigenvalue weighted by molar-refractivity contribution is 0.102. The molecule has 0 bridgehead atoms. The summed E-state index contributed by atoms with van der Waals surface area (Å²) in [6, 6.07) is 11.0. The van der Waals surface area contributed by atoms with Gasteiger partial charge in [0, 0.05) is 5.69 Å². The Morgan fingerprint density at radius 1 is 1.17 bits per heavy atom. The zero-order chi connectivity index (χ0) is 17.1. The van der Waals surface area contributed by atoms with E-state index in [0.29, 0.717) is 22.7 Å². The van der Waals surface area contributed by atoms with Crippen molar-refractivity contribution in [2.24, 2.45) is 0 Å². The van der Waals surface area contributed by atoms with E-state index in [2.05, 4.69) is 17.2 Å². The highest BCUT2D eigenvalue weighted by Gasteiger charge is 2.18. The molecular formula is C18H18N2O3S. The van der Waals surface area contributed by atoms with Gasteiger partial charge in [-0.05, 0) is 36.8 Å². The van der Waals surface area contributed by atoms with Crippen molar-refractivity contribution in [3.63, 3.8) is 0 Å². The molecule has 0 atom stereocenters. The molecule has 0 spiro atoms. The van der Waals surface area contributed by atoms with Gasteiger partial charge in [-0.3, -0.25) is 4.79 Å². The van der Waals surface area contributed by atoms with Crippen LogP contribution in [-0.2, 0) is 6.42 Å². The van der Waals surface area contributed by atoms with Gasteiger partial charge in [0.05, 0.1) is 29.4 Å². The number of nitrogens with zero attached hydrogens (tertiary/aromatic N) is 1. The first-order valence-electron chi connectivity index (χ1n) is 7.58. The fourth-order valence-corrected chi connectivity index (χ4v) is 3.42. The second kappa shape index (κ2) is 6.88. The Kier molecular flexibility index (Phi) is 4.66. The van der Waals surface area contributed by atoms with Gasteiger partial charge in [0.1, 0.15) is 17.1 Å². The zero-order valence-electron chi connectivity index (χ0n) is 13.8. The molecule has 1 amide bonds. The molecule has 1 heterocycles. The van der Waals surface area contributed by atoms with Crippen LogP contribution in [0.4, 0.5) is 5.69 Å². The number of methoxy groups -OCH3 is 2. The van der Waals surface area contributed by atoms with Crippen molar-refractivity contribution in [1.82, 2.24) is 4.98 Å². The number of hydrogen-bond acceptors (Lipinski definition) is 5. The van der Waals surface area contributed by atoms with Gasteiger partial charge in [-0.2, -0.15) is 0 Å². The topological polar surface area (TPSA) is 60.5 Å². The Morgan fingerprint density at radius 3 is 2.50 bits per heavy atom. The number of fused-ring (bicyclic) bond motifs is 1. The van der Waals surface area contributed by atoms with Gasteiger partial charge < -0.3 is 14.8 Å². The molecule has 0 aliphatic carbocycles. The Bertz CT molecular complexity index is 867. The minimum Gasteiger partial charge on any atom is -0.496 e. The van der Waals surface area contributed by atoms with Gasteiger partial charge in [0.15, 0.2) is 0 Å². The van der Waals surface area contributed by atoms with Crippen LogP contribution in [0, 0.1) is 0 Å². The quantitative estimate of drug-likeness (QED) is 0.757. The summed E-state index contributed by atoms with van der Waals surface area (Å²) in [5.74, 6) is 0.668. The van der Waals surface area contributed by atoms with Crippen LogP contribution in [0.25, 0.3) is 10.2 Å². The molecule has 124 valence electrons.